The Balaban J connectivity index is 2.24. The molecule has 2 rings (SSSR count). The van der Waals surface area contributed by atoms with E-state index in [1.165, 1.54) is 12.1 Å². The van der Waals surface area contributed by atoms with Crippen LogP contribution in [0.1, 0.15) is 38.1 Å². The van der Waals surface area contributed by atoms with E-state index in [1.54, 1.807) is 39.8 Å². The second-order valence-corrected chi connectivity index (χ2v) is 9.28. The number of sulfonamides is 1. The molecule has 2 aromatic rings. The van der Waals surface area contributed by atoms with E-state index in [2.05, 4.69) is 20.2 Å². The van der Waals surface area contributed by atoms with Gasteiger partial charge in [0.2, 0.25) is 11.0 Å². The molecule has 0 aliphatic carbocycles. The largest absolute Gasteiger partial charge is 0.462 e. The quantitative estimate of drug-likeness (QED) is 0.551. The summed E-state index contributed by atoms with van der Waals surface area (Å²) in [6.07, 6.45) is 0. The number of nitrogens with zero attached hydrogens (tertiary/aromatic N) is 2. The standard InChI is InChI=1S/C16H20N4O5S2/c1-5-25-12(21)10-8-6-7-9-11(10)20-27(23,24)15-19-18-14(26-15)17-13(22)16(2,3)4/h6-9,20H,5H2,1-4H3,(H,17,18,22). The summed E-state index contributed by atoms with van der Waals surface area (Å²) in [5.74, 6) is -0.964. The summed E-state index contributed by atoms with van der Waals surface area (Å²) in [6, 6.07) is 6.06. The Labute approximate surface area is 161 Å². The maximum absolute atomic E-state index is 12.6. The van der Waals surface area contributed by atoms with Crippen LogP contribution in [0, 0.1) is 5.41 Å². The third-order valence-corrected chi connectivity index (χ3v) is 5.78. The van der Waals surface area contributed by atoms with E-state index in [4.69, 9.17) is 4.74 Å². The molecule has 0 bridgehead atoms. The van der Waals surface area contributed by atoms with Gasteiger partial charge in [0.1, 0.15) is 0 Å². The molecule has 0 radical (unpaired) electrons. The topological polar surface area (TPSA) is 127 Å². The van der Waals surface area contributed by atoms with Crippen LogP contribution in [0.15, 0.2) is 28.6 Å². The summed E-state index contributed by atoms with van der Waals surface area (Å²) in [6.45, 7) is 6.96. The average molecular weight is 412 g/mol. The Morgan fingerprint density at radius 2 is 1.85 bits per heavy atom. The monoisotopic (exact) mass is 412 g/mol. The molecule has 1 aromatic carbocycles. The van der Waals surface area contributed by atoms with Crippen molar-refractivity contribution in [1.29, 1.82) is 0 Å². The molecular weight excluding hydrogens is 392 g/mol. The van der Waals surface area contributed by atoms with Crippen LogP contribution in [-0.2, 0) is 19.6 Å². The molecule has 27 heavy (non-hydrogen) atoms. The molecule has 1 amide bonds. The number of esters is 1. The molecule has 0 atom stereocenters. The van der Waals surface area contributed by atoms with Crippen LogP contribution < -0.4 is 10.0 Å². The van der Waals surface area contributed by atoms with Crippen molar-refractivity contribution in [2.24, 2.45) is 5.41 Å². The molecule has 1 aromatic heterocycles. The predicted molar refractivity (Wildman–Crippen MR) is 101 cm³/mol. The van der Waals surface area contributed by atoms with E-state index >= 15 is 0 Å². The van der Waals surface area contributed by atoms with Crippen molar-refractivity contribution >= 4 is 44.1 Å². The minimum Gasteiger partial charge on any atom is -0.462 e. The van der Waals surface area contributed by atoms with Gasteiger partial charge < -0.3 is 10.1 Å². The van der Waals surface area contributed by atoms with Gasteiger partial charge in [-0.1, -0.05) is 44.2 Å². The van der Waals surface area contributed by atoms with E-state index in [1.807, 2.05) is 0 Å². The predicted octanol–water partition coefficient (Wildman–Crippen LogP) is 2.50. The van der Waals surface area contributed by atoms with Gasteiger partial charge in [-0.2, -0.15) is 8.42 Å². The number of para-hydroxylation sites is 1. The zero-order valence-electron chi connectivity index (χ0n) is 15.3. The molecule has 0 aliphatic heterocycles. The number of anilines is 2. The fourth-order valence-corrected chi connectivity index (χ4v) is 3.78. The van der Waals surface area contributed by atoms with Crippen molar-refractivity contribution in [2.45, 2.75) is 32.0 Å². The number of carbonyl (C=O) groups excluding carboxylic acids is 2. The molecule has 0 aliphatic rings. The minimum atomic E-state index is -4.10. The van der Waals surface area contributed by atoms with E-state index in [-0.39, 0.29) is 33.2 Å². The maximum atomic E-state index is 12.6. The van der Waals surface area contributed by atoms with Crippen molar-refractivity contribution in [1.82, 2.24) is 10.2 Å². The van der Waals surface area contributed by atoms with E-state index in [9.17, 15) is 18.0 Å². The van der Waals surface area contributed by atoms with E-state index < -0.39 is 21.4 Å². The van der Waals surface area contributed by atoms with Crippen molar-refractivity contribution < 1.29 is 22.7 Å². The number of amides is 1. The highest BCUT2D eigenvalue weighted by molar-refractivity contribution is 7.94. The Hall–Kier alpha value is -2.53. The Bertz CT molecular complexity index is 948. The lowest BCUT2D eigenvalue weighted by Crippen LogP contribution is -2.27. The lowest BCUT2D eigenvalue weighted by molar-refractivity contribution is -0.123. The normalized spacial score (nSPS) is 11.7. The number of rotatable bonds is 6. The molecule has 146 valence electrons. The van der Waals surface area contributed by atoms with Crippen molar-refractivity contribution in [3.8, 4) is 0 Å². The van der Waals surface area contributed by atoms with Gasteiger partial charge in [0.25, 0.3) is 14.4 Å². The maximum Gasteiger partial charge on any atom is 0.340 e. The molecule has 0 spiro atoms. The van der Waals surface area contributed by atoms with Gasteiger partial charge in [0, 0.05) is 5.41 Å². The Kier molecular flexibility index (Phi) is 6.16. The van der Waals surface area contributed by atoms with Gasteiger partial charge in [-0.05, 0) is 19.1 Å². The number of hydrogen-bond acceptors (Lipinski definition) is 8. The molecule has 11 heteroatoms. The van der Waals surface area contributed by atoms with Gasteiger partial charge in [0.05, 0.1) is 17.9 Å². The average Bonchev–Trinajstić information content (AvgIpc) is 3.04. The van der Waals surface area contributed by atoms with Crippen LogP contribution in [0.4, 0.5) is 10.8 Å². The highest BCUT2D eigenvalue weighted by atomic mass is 32.2. The second-order valence-electron chi connectivity index (χ2n) is 6.45. The second kappa shape index (κ2) is 8.01. The van der Waals surface area contributed by atoms with Gasteiger partial charge in [0.15, 0.2) is 0 Å². The number of ether oxygens (including phenoxy) is 1. The first kappa shape index (κ1) is 20.8. The summed E-state index contributed by atoms with van der Waals surface area (Å²) < 4.78 is 32.0. The molecule has 0 saturated carbocycles. The van der Waals surface area contributed by atoms with Gasteiger partial charge in [-0.25, -0.2) is 4.79 Å². The molecule has 1 heterocycles. The smallest absolute Gasteiger partial charge is 0.340 e. The Morgan fingerprint density at radius 1 is 1.19 bits per heavy atom. The summed E-state index contributed by atoms with van der Waals surface area (Å²) in [4.78, 5) is 24.0. The van der Waals surface area contributed by atoms with Crippen LogP contribution in [0.3, 0.4) is 0 Å². The third-order valence-electron chi connectivity index (χ3n) is 3.20. The van der Waals surface area contributed by atoms with E-state index in [0.29, 0.717) is 11.3 Å². The van der Waals surface area contributed by atoms with Gasteiger partial charge in [-0.3, -0.25) is 9.52 Å². The SMILES string of the molecule is CCOC(=O)c1ccccc1NS(=O)(=O)c1nnc(NC(=O)C(C)(C)C)s1. The molecular formula is C16H20N4O5S2. The summed E-state index contributed by atoms with van der Waals surface area (Å²) >= 11 is 0.707. The molecule has 9 nitrogen and oxygen atoms in total. The lowest BCUT2D eigenvalue weighted by atomic mass is 9.96. The number of nitrogens with one attached hydrogen (secondary N) is 2. The fourth-order valence-electron chi connectivity index (χ4n) is 1.80. The summed E-state index contributed by atoms with van der Waals surface area (Å²) in [5, 5.41) is 9.90. The number of carbonyl (C=O) groups is 2. The van der Waals surface area contributed by atoms with Crippen LogP contribution in [0.2, 0.25) is 0 Å². The van der Waals surface area contributed by atoms with Gasteiger partial charge >= 0.3 is 5.97 Å². The Morgan fingerprint density at radius 3 is 2.48 bits per heavy atom. The summed E-state index contributed by atoms with van der Waals surface area (Å²) in [7, 11) is -4.10. The number of aromatic nitrogens is 2. The van der Waals surface area contributed by atoms with Crippen molar-refractivity contribution in [3.05, 3.63) is 29.8 Å². The molecule has 0 fully saturated rings. The minimum absolute atomic E-state index is 0.0615. The number of benzene rings is 1. The van der Waals surface area contributed by atoms with Crippen LogP contribution in [0.25, 0.3) is 0 Å². The summed E-state index contributed by atoms with van der Waals surface area (Å²) in [5.41, 5.74) is -0.526. The van der Waals surface area contributed by atoms with Crippen molar-refractivity contribution in [3.63, 3.8) is 0 Å². The van der Waals surface area contributed by atoms with E-state index in [0.717, 1.165) is 0 Å². The first-order chi connectivity index (χ1) is 12.5. The third kappa shape index (κ3) is 5.23. The van der Waals surface area contributed by atoms with Crippen LogP contribution in [-0.4, -0.2) is 37.1 Å². The van der Waals surface area contributed by atoms with Crippen LogP contribution in [0.5, 0.6) is 0 Å². The zero-order chi connectivity index (χ0) is 20.2. The first-order valence-corrected chi connectivity index (χ1v) is 10.3. The van der Waals surface area contributed by atoms with Gasteiger partial charge in [-0.15, -0.1) is 10.2 Å². The lowest BCUT2D eigenvalue weighted by Gasteiger charge is -2.15. The first-order valence-electron chi connectivity index (χ1n) is 7.98. The zero-order valence-corrected chi connectivity index (χ0v) is 16.9. The highest BCUT2D eigenvalue weighted by Gasteiger charge is 2.26. The molecule has 2 N–H and O–H groups in total. The molecule has 0 saturated heterocycles. The van der Waals surface area contributed by atoms with Crippen LogP contribution >= 0.6 is 11.3 Å². The number of hydrogen-bond donors (Lipinski definition) is 2. The molecule has 0 unspecified atom stereocenters. The fraction of sp³-hybridized carbons (Fsp3) is 0.375. The van der Waals surface area contributed by atoms with Crippen molar-refractivity contribution in [2.75, 3.05) is 16.6 Å². The highest BCUT2D eigenvalue weighted by Crippen LogP contribution is 2.26.